The molecule has 3 heterocycles. The molecule has 0 saturated heterocycles. The number of methoxy groups -OCH3 is 1. The molecule has 1 aliphatic rings. The number of carbonyl (C=O) groups is 1. The lowest BCUT2D eigenvalue weighted by atomic mass is 10.1. The van der Waals surface area contributed by atoms with E-state index in [1.54, 1.807) is 19.2 Å². The third-order valence-electron chi connectivity index (χ3n) is 2.71. The number of aromatic nitrogens is 1. The van der Waals surface area contributed by atoms with Gasteiger partial charge in [-0.05, 0) is 17.5 Å². The van der Waals surface area contributed by atoms with E-state index in [1.807, 2.05) is 17.5 Å². The van der Waals surface area contributed by atoms with Gasteiger partial charge in [0.25, 0.3) is 5.91 Å². The number of hydrogen-bond donors (Lipinski definition) is 2. The minimum absolute atomic E-state index is 0.0723. The first-order chi connectivity index (χ1) is 8.78. The van der Waals surface area contributed by atoms with E-state index < -0.39 is 6.04 Å². The summed E-state index contributed by atoms with van der Waals surface area (Å²) in [5.74, 6) is 1.08. The molecular weight excluding hydrogens is 250 g/mol. The number of pyridine rings is 1. The fourth-order valence-electron chi connectivity index (χ4n) is 1.83. The first-order valence-corrected chi connectivity index (χ1v) is 6.32. The Labute approximate surface area is 108 Å². The maximum absolute atomic E-state index is 12.0. The normalized spacial score (nSPS) is 17.6. The number of nitrogens with one attached hydrogen (secondary N) is 2. The summed E-state index contributed by atoms with van der Waals surface area (Å²) >= 11 is 1.54. The highest BCUT2D eigenvalue weighted by Gasteiger charge is 2.28. The maximum Gasteiger partial charge on any atom is 0.252 e. The van der Waals surface area contributed by atoms with Crippen LogP contribution in [0.3, 0.4) is 0 Å². The Morgan fingerprint density at radius 1 is 1.39 bits per heavy atom. The first kappa shape index (κ1) is 11.0. The van der Waals surface area contributed by atoms with Gasteiger partial charge in [-0.15, -0.1) is 11.3 Å². The maximum atomic E-state index is 12.0. The van der Waals surface area contributed by atoms with E-state index in [9.17, 15) is 4.79 Å². The van der Waals surface area contributed by atoms with Gasteiger partial charge in [0.2, 0.25) is 5.88 Å². The van der Waals surface area contributed by atoms with Gasteiger partial charge in [0.05, 0.1) is 12.8 Å². The van der Waals surface area contributed by atoms with Gasteiger partial charge in [-0.1, -0.05) is 6.07 Å². The van der Waals surface area contributed by atoms with Gasteiger partial charge in [-0.3, -0.25) is 4.79 Å². The van der Waals surface area contributed by atoms with Crippen molar-refractivity contribution in [3.63, 3.8) is 0 Å². The molecule has 6 heteroatoms. The van der Waals surface area contributed by atoms with Crippen LogP contribution in [-0.2, 0) is 4.79 Å². The number of amides is 1. The molecule has 18 heavy (non-hydrogen) atoms. The Hall–Kier alpha value is -2.08. The third kappa shape index (κ3) is 1.80. The van der Waals surface area contributed by atoms with E-state index in [-0.39, 0.29) is 5.91 Å². The van der Waals surface area contributed by atoms with E-state index in [2.05, 4.69) is 15.6 Å². The molecule has 92 valence electrons. The van der Waals surface area contributed by atoms with E-state index in [1.165, 1.54) is 11.3 Å². The lowest BCUT2D eigenvalue weighted by Crippen LogP contribution is -2.31. The van der Waals surface area contributed by atoms with Crippen molar-refractivity contribution in [3.8, 4) is 5.88 Å². The van der Waals surface area contributed by atoms with E-state index in [4.69, 9.17) is 4.74 Å². The highest BCUT2D eigenvalue weighted by atomic mass is 32.1. The van der Waals surface area contributed by atoms with E-state index in [0.29, 0.717) is 17.4 Å². The van der Waals surface area contributed by atoms with Gasteiger partial charge in [0.15, 0.2) is 5.82 Å². The van der Waals surface area contributed by atoms with Gasteiger partial charge in [-0.2, -0.15) is 4.98 Å². The molecule has 3 rings (SSSR count). The van der Waals surface area contributed by atoms with Crippen LogP contribution >= 0.6 is 11.3 Å². The number of fused-ring (bicyclic) bond motifs is 1. The lowest BCUT2D eigenvalue weighted by Gasteiger charge is -2.25. The monoisotopic (exact) mass is 261 g/mol. The second-order valence-corrected chi connectivity index (χ2v) is 4.81. The second kappa shape index (κ2) is 4.30. The zero-order valence-electron chi connectivity index (χ0n) is 9.64. The van der Waals surface area contributed by atoms with Gasteiger partial charge >= 0.3 is 0 Å². The summed E-state index contributed by atoms with van der Waals surface area (Å²) in [7, 11) is 1.56. The van der Waals surface area contributed by atoms with Crippen molar-refractivity contribution in [2.45, 2.75) is 6.04 Å². The topological polar surface area (TPSA) is 63.2 Å². The summed E-state index contributed by atoms with van der Waals surface area (Å²) in [5.41, 5.74) is 0.675. The van der Waals surface area contributed by atoms with E-state index >= 15 is 0 Å². The van der Waals surface area contributed by atoms with Crippen molar-refractivity contribution >= 4 is 28.7 Å². The van der Waals surface area contributed by atoms with Crippen molar-refractivity contribution in [1.29, 1.82) is 0 Å². The summed E-state index contributed by atoms with van der Waals surface area (Å²) in [6.45, 7) is 0. The quantitative estimate of drug-likeness (QED) is 0.870. The molecule has 1 unspecified atom stereocenters. The van der Waals surface area contributed by atoms with Crippen LogP contribution in [0.2, 0.25) is 0 Å². The van der Waals surface area contributed by atoms with Crippen LogP contribution in [0.4, 0.5) is 11.5 Å². The lowest BCUT2D eigenvalue weighted by molar-refractivity contribution is -0.117. The van der Waals surface area contributed by atoms with Gasteiger partial charge in [0.1, 0.15) is 6.04 Å². The fraction of sp³-hybridized carbons (Fsp3) is 0.167. The number of thiophene rings is 1. The summed E-state index contributed by atoms with van der Waals surface area (Å²) in [4.78, 5) is 17.2. The summed E-state index contributed by atoms with van der Waals surface area (Å²) in [6.07, 6.45) is 0. The van der Waals surface area contributed by atoms with Crippen LogP contribution < -0.4 is 15.4 Å². The largest absolute Gasteiger partial charge is 0.481 e. The molecule has 1 atom stereocenters. The average molecular weight is 261 g/mol. The van der Waals surface area contributed by atoms with Crippen LogP contribution in [-0.4, -0.2) is 18.0 Å². The SMILES string of the molecule is COc1ccc2c(n1)NC(c1cccs1)C(=O)N2. The molecule has 0 fully saturated rings. The number of ether oxygens (including phenoxy) is 1. The number of nitrogens with zero attached hydrogens (tertiary/aromatic N) is 1. The molecule has 2 N–H and O–H groups in total. The highest BCUT2D eigenvalue weighted by Crippen LogP contribution is 2.33. The summed E-state index contributed by atoms with van der Waals surface area (Å²) in [6, 6.07) is 6.94. The number of hydrogen-bond acceptors (Lipinski definition) is 5. The third-order valence-corrected chi connectivity index (χ3v) is 3.64. The zero-order valence-corrected chi connectivity index (χ0v) is 10.5. The smallest absolute Gasteiger partial charge is 0.252 e. The van der Waals surface area contributed by atoms with Gasteiger partial charge < -0.3 is 15.4 Å². The van der Waals surface area contributed by atoms with Crippen LogP contribution in [0.1, 0.15) is 10.9 Å². The second-order valence-electron chi connectivity index (χ2n) is 3.83. The first-order valence-electron chi connectivity index (χ1n) is 5.44. The van der Waals surface area contributed by atoms with Gasteiger partial charge in [0, 0.05) is 10.9 Å². The van der Waals surface area contributed by atoms with Crippen molar-refractivity contribution < 1.29 is 9.53 Å². The highest BCUT2D eigenvalue weighted by molar-refractivity contribution is 7.10. The molecule has 0 aliphatic carbocycles. The minimum atomic E-state index is -0.392. The van der Waals surface area contributed by atoms with Crippen LogP contribution in [0, 0.1) is 0 Å². The Morgan fingerprint density at radius 3 is 3.00 bits per heavy atom. The molecule has 0 aromatic carbocycles. The molecule has 1 aliphatic heterocycles. The number of anilines is 2. The molecular formula is C12H11N3O2S. The molecule has 0 radical (unpaired) electrons. The standard InChI is InChI=1S/C12H11N3O2S/c1-17-9-5-4-7-11(14-9)15-10(12(16)13-7)8-3-2-6-18-8/h2-6,10H,1H3,(H,13,16)(H,14,15). The molecule has 2 aromatic rings. The van der Waals surface area contributed by atoms with Gasteiger partial charge in [-0.25, -0.2) is 0 Å². The average Bonchev–Trinajstić information content (AvgIpc) is 2.91. The predicted molar refractivity (Wildman–Crippen MR) is 70.1 cm³/mol. The van der Waals surface area contributed by atoms with Crippen LogP contribution in [0.5, 0.6) is 5.88 Å². The summed E-state index contributed by atoms with van der Waals surface area (Å²) in [5, 5.41) is 7.91. The Morgan fingerprint density at radius 2 is 2.28 bits per heavy atom. The van der Waals surface area contributed by atoms with Crippen molar-refractivity contribution in [3.05, 3.63) is 34.5 Å². The summed E-state index contributed by atoms with van der Waals surface area (Å²) < 4.78 is 5.07. The molecule has 0 spiro atoms. The molecule has 5 nitrogen and oxygen atoms in total. The van der Waals surface area contributed by atoms with Crippen LogP contribution in [0.25, 0.3) is 0 Å². The molecule has 0 saturated carbocycles. The number of carbonyl (C=O) groups excluding carboxylic acids is 1. The molecule has 1 amide bonds. The van der Waals surface area contributed by atoms with Crippen LogP contribution in [0.15, 0.2) is 29.6 Å². The van der Waals surface area contributed by atoms with Crippen molar-refractivity contribution in [2.75, 3.05) is 17.7 Å². The zero-order chi connectivity index (χ0) is 12.5. The van der Waals surface area contributed by atoms with Crippen molar-refractivity contribution in [1.82, 2.24) is 4.98 Å². The predicted octanol–water partition coefficient (Wildman–Crippen LogP) is 2.26. The van der Waals surface area contributed by atoms with Crippen molar-refractivity contribution in [2.24, 2.45) is 0 Å². The molecule has 2 aromatic heterocycles. The Kier molecular flexibility index (Phi) is 2.64. The van der Waals surface area contributed by atoms with E-state index in [0.717, 1.165) is 4.88 Å². The Balaban J connectivity index is 1.97. The Bertz CT molecular complexity index is 583. The molecule has 0 bridgehead atoms. The number of rotatable bonds is 2. The fourth-order valence-corrected chi connectivity index (χ4v) is 2.60. The minimum Gasteiger partial charge on any atom is -0.481 e.